The van der Waals surface area contributed by atoms with Gasteiger partial charge in [0.2, 0.25) is 5.60 Å². The van der Waals surface area contributed by atoms with Crippen LogP contribution < -0.4 is 4.90 Å². The van der Waals surface area contributed by atoms with Crippen molar-refractivity contribution in [1.29, 1.82) is 0 Å². The summed E-state index contributed by atoms with van der Waals surface area (Å²) in [6, 6.07) is 3.03. The first-order valence-corrected chi connectivity index (χ1v) is 4.56. The molecular weight excluding hydrogens is 226 g/mol. The summed E-state index contributed by atoms with van der Waals surface area (Å²) in [5.74, 6) is -0.795. The molecule has 1 heterocycles. The Morgan fingerprint density at radius 2 is 2.00 bits per heavy atom. The maximum atomic E-state index is 12.9. The first-order chi connectivity index (χ1) is 7.25. The fourth-order valence-corrected chi connectivity index (χ4v) is 1.93. The molecule has 2 rings (SSSR count). The Kier molecular flexibility index (Phi) is 2.17. The highest BCUT2D eigenvalue weighted by Crippen LogP contribution is 2.47. The van der Waals surface area contributed by atoms with Crippen molar-refractivity contribution in [3.8, 4) is 0 Å². The van der Waals surface area contributed by atoms with Gasteiger partial charge in [0.1, 0.15) is 5.82 Å². The van der Waals surface area contributed by atoms with Crippen molar-refractivity contribution in [3.63, 3.8) is 0 Å². The third kappa shape index (κ3) is 1.36. The summed E-state index contributed by atoms with van der Waals surface area (Å²) in [4.78, 5) is 1.25. The number of halogens is 4. The van der Waals surface area contributed by atoms with E-state index in [9.17, 15) is 22.7 Å². The summed E-state index contributed by atoms with van der Waals surface area (Å²) in [7, 11) is 1.42. The first-order valence-electron chi connectivity index (χ1n) is 4.56. The van der Waals surface area contributed by atoms with Gasteiger partial charge in [-0.15, -0.1) is 0 Å². The van der Waals surface area contributed by atoms with Gasteiger partial charge in [-0.05, 0) is 18.2 Å². The second kappa shape index (κ2) is 3.10. The number of hydrogen-bond acceptors (Lipinski definition) is 2. The zero-order valence-corrected chi connectivity index (χ0v) is 8.35. The van der Waals surface area contributed by atoms with Crippen LogP contribution in [-0.2, 0) is 5.60 Å². The van der Waals surface area contributed by atoms with Gasteiger partial charge in [0, 0.05) is 18.3 Å². The van der Waals surface area contributed by atoms with Gasteiger partial charge in [-0.25, -0.2) is 4.39 Å². The van der Waals surface area contributed by atoms with Gasteiger partial charge < -0.3 is 10.0 Å². The Morgan fingerprint density at radius 1 is 1.38 bits per heavy atom. The lowest BCUT2D eigenvalue weighted by Gasteiger charge is -2.26. The van der Waals surface area contributed by atoms with Gasteiger partial charge >= 0.3 is 6.18 Å². The standard InChI is InChI=1S/C10H9F4NO/c1-15-5-9(16,10(12,13)14)7-4-6(11)2-3-8(7)15/h2-4,16H,5H2,1H3/t9-/m1/s1. The van der Waals surface area contributed by atoms with Gasteiger partial charge in [0.05, 0.1) is 6.54 Å². The molecule has 1 aliphatic heterocycles. The molecule has 1 aromatic rings. The van der Waals surface area contributed by atoms with Crippen molar-refractivity contribution >= 4 is 5.69 Å². The van der Waals surface area contributed by atoms with E-state index in [1.54, 1.807) is 0 Å². The summed E-state index contributed by atoms with van der Waals surface area (Å²) in [6.07, 6.45) is -4.82. The van der Waals surface area contributed by atoms with Gasteiger partial charge in [0.25, 0.3) is 0 Å². The highest BCUT2D eigenvalue weighted by molar-refractivity contribution is 5.61. The minimum atomic E-state index is -4.82. The number of benzene rings is 1. The normalized spacial score (nSPS) is 24.8. The van der Waals surface area contributed by atoms with E-state index in [0.29, 0.717) is 0 Å². The third-order valence-corrected chi connectivity index (χ3v) is 2.75. The SMILES string of the molecule is CN1C[C@](O)(C(F)(F)F)c2cc(F)ccc21. The highest BCUT2D eigenvalue weighted by Gasteiger charge is 2.59. The van der Waals surface area contributed by atoms with Crippen LogP contribution in [0.2, 0.25) is 0 Å². The maximum Gasteiger partial charge on any atom is 0.423 e. The Balaban J connectivity index is 2.62. The molecule has 1 atom stereocenters. The molecule has 16 heavy (non-hydrogen) atoms. The lowest BCUT2D eigenvalue weighted by atomic mass is 9.95. The second-order valence-corrected chi connectivity index (χ2v) is 3.88. The van der Waals surface area contributed by atoms with Crippen LogP contribution in [0.3, 0.4) is 0 Å². The van der Waals surface area contributed by atoms with Crippen molar-refractivity contribution in [2.24, 2.45) is 0 Å². The predicted molar refractivity (Wildman–Crippen MR) is 49.6 cm³/mol. The Hall–Kier alpha value is -1.30. The molecule has 0 spiro atoms. The number of aliphatic hydroxyl groups is 1. The molecule has 88 valence electrons. The molecule has 0 unspecified atom stereocenters. The van der Waals surface area contributed by atoms with E-state index in [1.807, 2.05) is 0 Å². The van der Waals surface area contributed by atoms with Crippen molar-refractivity contribution in [2.75, 3.05) is 18.5 Å². The minimum Gasteiger partial charge on any atom is -0.375 e. The number of nitrogens with zero attached hydrogens (tertiary/aromatic N) is 1. The molecule has 0 saturated heterocycles. The Morgan fingerprint density at radius 3 is 2.56 bits per heavy atom. The van der Waals surface area contributed by atoms with E-state index in [0.717, 1.165) is 12.1 Å². The lowest BCUT2D eigenvalue weighted by Crippen LogP contribution is -2.45. The van der Waals surface area contributed by atoms with E-state index >= 15 is 0 Å². The van der Waals surface area contributed by atoms with E-state index < -0.39 is 29.7 Å². The number of alkyl halides is 3. The zero-order valence-electron chi connectivity index (χ0n) is 8.35. The van der Waals surface area contributed by atoms with Gasteiger partial charge in [-0.1, -0.05) is 0 Å². The number of hydrogen-bond donors (Lipinski definition) is 1. The zero-order chi connectivity index (χ0) is 12.1. The number of anilines is 1. The average Bonchev–Trinajstić information content (AvgIpc) is 2.39. The summed E-state index contributed by atoms with van der Waals surface area (Å²) in [5, 5.41) is 9.64. The number of fused-ring (bicyclic) bond motifs is 1. The lowest BCUT2D eigenvalue weighted by molar-refractivity contribution is -0.259. The number of β-amino-alcohol motifs (C(OH)–C–C–N with tert-alkyl or cyclic N) is 1. The van der Waals surface area contributed by atoms with Crippen LogP contribution in [0.5, 0.6) is 0 Å². The molecule has 0 bridgehead atoms. The second-order valence-electron chi connectivity index (χ2n) is 3.88. The summed E-state index contributed by atoms with van der Waals surface area (Å²) >= 11 is 0. The quantitative estimate of drug-likeness (QED) is 0.695. The minimum absolute atomic E-state index is 0.196. The predicted octanol–water partition coefficient (Wildman–Crippen LogP) is 2.03. The van der Waals surface area contributed by atoms with Crippen LogP contribution in [0.25, 0.3) is 0 Å². The van der Waals surface area contributed by atoms with Crippen molar-refractivity contribution in [1.82, 2.24) is 0 Å². The largest absolute Gasteiger partial charge is 0.423 e. The Bertz CT molecular complexity index is 431. The van der Waals surface area contributed by atoms with Gasteiger partial charge in [0.15, 0.2) is 0 Å². The van der Waals surface area contributed by atoms with Crippen LogP contribution in [0.4, 0.5) is 23.2 Å². The Labute approximate surface area is 89.1 Å². The molecule has 0 saturated carbocycles. The molecule has 0 fully saturated rings. The first kappa shape index (κ1) is 11.2. The van der Waals surface area contributed by atoms with Crippen LogP contribution in [0, 0.1) is 5.82 Å². The summed E-state index contributed by atoms with van der Waals surface area (Å²) in [5.41, 5.74) is -3.22. The van der Waals surface area contributed by atoms with Gasteiger partial charge in [-0.2, -0.15) is 13.2 Å². The molecule has 0 aliphatic carbocycles. The van der Waals surface area contributed by atoms with Gasteiger partial charge in [-0.3, -0.25) is 0 Å². The molecule has 1 aromatic carbocycles. The summed E-state index contributed by atoms with van der Waals surface area (Å²) in [6.45, 7) is -0.616. The number of likely N-dealkylation sites (N-methyl/N-ethyl adjacent to an activating group) is 1. The average molecular weight is 235 g/mol. The fourth-order valence-electron chi connectivity index (χ4n) is 1.93. The molecule has 1 N–H and O–H groups in total. The van der Waals surface area contributed by atoms with Crippen molar-refractivity contribution in [3.05, 3.63) is 29.6 Å². The third-order valence-electron chi connectivity index (χ3n) is 2.75. The van der Waals surface area contributed by atoms with Crippen LogP contribution in [0.15, 0.2) is 18.2 Å². The molecule has 2 nitrogen and oxygen atoms in total. The van der Waals surface area contributed by atoms with E-state index in [-0.39, 0.29) is 5.69 Å². The monoisotopic (exact) mass is 235 g/mol. The fraction of sp³-hybridized carbons (Fsp3) is 0.400. The molecule has 6 heteroatoms. The van der Waals surface area contributed by atoms with Crippen LogP contribution >= 0.6 is 0 Å². The summed E-state index contributed by atoms with van der Waals surface area (Å²) < 4.78 is 51.1. The highest BCUT2D eigenvalue weighted by atomic mass is 19.4. The molecular formula is C10H9F4NO. The van der Waals surface area contributed by atoms with Crippen molar-refractivity contribution in [2.45, 2.75) is 11.8 Å². The molecule has 0 aromatic heterocycles. The smallest absolute Gasteiger partial charge is 0.375 e. The van der Waals surface area contributed by atoms with E-state index in [2.05, 4.69) is 0 Å². The maximum absolute atomic E-state index is 12.9. The molecule has 0 radical (unpaired) electrons. The topological polar surface area (TPSA) is 23.5 Å². The van der Waals surface area contributed by atoms with E-state index in [4.69, 9.17) is 0 Å². The van der Waals surface area contributed by atoms with Crippen LogP contribution in [0.1, 0.15) is 5.56 Å². The number of rotatable bonds is 0. The van der Waals surface area contributed by atoms with Crippen LogP contribution in [-0.4, -0.2) is 24.9 Å². The van der Waals surface area contributed by atoms with Crippen molar-refractivity contribution < 1.29 is 22.7 Å². The molecule has 0 amide bonds. The van der Waals surface area contributed by atoms with E-state index in [1.165, 1.54) is 18.0 Å². The molecule has 1 aliphatic rings.